The van der Waals surface area contributed by atoms with Crippen molar-refractivity contribution < 1.29 is 4.79 Å². The first-order valence-electron chi connectivity index (χ1n) is 7.27. The van der Waals surface area contributed by atoms with Crippen molar-refractivity contribution in [1.29, 1.82) is 0 Å². The number of amides is 1. The maximum Gasteiger partial charge on any atom is 0.230 e. The van der Waals surface area contributed by atoms with Gasteiger partial charge in [0.2, 0.25) is 5.91 Å². The maximum absolute atomic E-state index is 12.8. The summed E-state index contributed by atoms with van der Waals surface area (Å²) in [6.07, 6.45) is 4.51. The van der Waals surface area contributed by atoms with Crippen LogP contribution in [-0.4, -0.2) is 30.4 Å². The topological polar surface area (TPSA) is 32.3 Å². The maximum atomic E-state index is 12.8. The van der Waals surface area contributed by atoms with E-state index < -0.39 is 0 Å². The normalized spacial score (nSPS) is 25.4. The summed E-state index contributed by atoms with van der Waals surface area (Å²) < 4.78 is 0. The number of likely N-dealkylation sites (N-methyl/N-ethyl adjacent to an activating group) is 1. The van der Waals surface area contributed by atoms with Gasteiger partial charge in [0, 0.05) is 19.1 Å². The van der Waals surface area contributed by atoms with E-state index in [0.717, 1.165) is 25.9 Å². The summed E-state index contributed by atoms with van der Waals surface area (Å²) >= 11 is 0. The van der Waals surface area contributed by atoms with Gasteiger partial charge < -0.3 is 10.2 Å². The van der Waals surface area contributed by atoms with Crippen molar-refractivity contribution in [2.24, 2.45) is 5.41 Å². The lowest BCUT2D eigenvalue weighted by Crippen LogP contribution is -2.42. The van der Waals surface area contributed by atoms with Gasteiger partial charge in [-0.2, -0.15) is 0 Å². The van der Waals surface area contributed by atoms with E-state index in [1.807, 2.05) is 30.1 Å². The third-order valence-electron chi connectivity index (χ3n) is 4.84. The van der Waals surface area contributed by atoms with Gasteiger partial charge in [-0.25, -0.2) is 0 Å². The highest BCUT2D eigenvalue weighted by Gasteiger charge is 2.54. The molecular formula is C16H22N2O. The summed E-state index contributed by atoms with van der Waals surface area (Å²) in [6.45, 7) is 1.60. The Kier molecular flexibility index (Phi) is 3.31. The molecule has 1 N–H and O–H groups in total. The minimum Gasteiger partial charge on any atom is -0.336 e. The minimum absolute atomic E-state index is 0.108. The highest BCUT2D eigenvalue weighted by atomic mass is 16.2. The van der Waals surface area contributed by atoms with Crippen LogP contribution in [0.15, 0.2) is 30.3 Å². The predicted molar refractivity (Wildman–Crippen MR) is 75.6 cm³/mol. The molecule has 2 aliphatic rings. The van der Waals surface area contributed by atoms with Crippen LogP contribution in [0.4, 0.5) is 0 Å². The van der Waals surface area contributed by atoms with Crippen molar-refractivity contribution in [3.63, 3.8) is 0 Å². The van der Waals surface area contributed by atoms with Gasteiger partial charge in [-0.3, -0.25) is 4.79 Å². The molecule has 1 aromatic rings. The number of carbonyl (C=O) groups excluding carboxylic acids is 1. The molecule has 0 aromatic heterocycles. The van der Waals surface area contributed by atoms with Gasteiger partial charge in [0.25, 0.3) is 0 Å². The molecule has 1 aromatic carbocycles. The van der Waals surface area contributed by atoms with Gasteiger partial charge in [0.1, 0.15) is 0 Å². The van der Waals surface area contributed by atoms with Gasteiger partial charge in [0.15, 0.2) is 0 Å². The van der Waals surface area contributed by atoms with Crippen LogP contribution in [0.5, 0.6) is 0 Å². The molecule has 2 fully saturated rings. The summed E-state index contributed by atoms with van der Waals surface area (Å²) in [7, 11) is 1.99. The van der Waals surface area contributed by atoms with Crippen molar-refractivity contribution in [2.75, 3.05) is 13.6 Å². The number of likely N-dealkylation sites (tertiary alicyclic amines) is 1. The number of rotatable bonds is 3. The smallest absolute Gasteiger partial charge is 0.230 e. The molecule has 3 nitrogen and oxygen atoms in total. The Balaban J connectivity index is 1.79. The molecule has 1 atom stereocenters. The average molecular weight is 258 g/mol. The molecular weight excluding hydrogens is 236 g/mol. The summed E-state index contributed by atoms with van der Waals surface area (Å²) in [6, 6.07) is 10.6. The predicted octanol–water partition coefficient (Wildman–Crippen LogP) is 2.18. The zero-order chi connectivity index (χ0) is 13.3. The van der Waals surface area contributed by atoms with E-state index in [0.29, 0.717) is 11.9 Å². The quantitative estimate of drug-likeness (QED) is 0.901. The van der Waals surface area contributed by atoms with Gasteiger partial charge >= 0.3 is 0 Å². The molecule has 19 heavy (non-hydrogen) atoms. The molecule has 0 bridgehead atoms. The van der Waals surface area contributed by atoms with Gasteiger partial charge in [-0.1, -0.05) is 43.2 Å². The van der Waals surface area contributed by atoms with Crippen molar-refractivity contribution in [3.05, 3.63) is 35.9 Å². The van der Waals surface area contributed by atoms with Crippen LogP contribution < -0.4 is 5.32 Å². The standard InChI is InChI=1S/C16H22N2O/c1-17-14-12-18(11-13-7-3-2-4-8-13)15(19)16(14)9-5-6-10-16/h2-4,7-8,14,17H,5-6,9-12H2,1H3. The van der Waals surface area contributed by atoms with E-state index in [2.05, 4.69) is 17.4 Å². The first kappa shape index (κ1) is 12.7. The second-order valence-corrected chi connectivity index (χ2v) is 5.88. The van der Waals surface area contributed by atoms with Crippen LogP contribution in [-0.2, 0) is 11.3 Å². The Morgan fingerprint density at radius 2 is 1.95 bits per heavy atom. The van der Waals surface area contributed by atoms with E-state index in [9.17, 15) is 4.79 Å². The minimum atomic E-state index is -0.108. The fraction of sp³-hybridized carbons (Fsp3) is 0.562. The number of nitrogens with zero attached hydrogens (tertiary/aromatic N) is 1. The SMILES string of the molecule is CNC1CN(Cc2ccccc2)C(=O)C12CCCC2. The molecule has 0 radical (unpaired) electrons. The number of nitrogens with one attached hydrogen (secondary N) is 1. The monoisotopic (exact) mass is 258 g/mol. The molecule has 102 valence electrons. The molecule has 1 spiro atoms. The Bertz CT molecular complexity index is 451. The summed E-state index contributed by atoms with van der Waals surface area (Å²) in [5, 5.41) is 3.38. The lowest BCUT2D eigenvalue weighted by Gasteiger charge is -2.27. The van der Waals surface area contributed by atoms with Crippen LogP contribution in [0, 0.1) is 5.41 Å². The summed E-state index contributed by atoms with van der Waals surface area (Å²) in [4.78, 5) is 14.8. The first-order valence-corrected chi connectivity index (χ1v) is 7.27. The van der Waals surface area contributed by atoms with Crippen LogP contribution in [0.3, 0.4) is 0 Å². The fourth-order valence-corrected chi connectivity index (χ4v) is 3.82. The van der Waals surface area contributed by atoms with Crippen molar-refractivity contribution >= 4 is 5.91 Å². The number of benzene rings is 1. The second-order valence-electron chi connectivity index (χ2n) is 5.88. The fourth-order valence-electron chi connectivity index (χ4n) is 3.82. The van der Waals surface area contributed by atoms with Crippen molar-refractivity contribution in [2.45, 2.75) is 38.3 Å². The van der Waals surface area contributed by atoms with Crippen LogP contribution in [0.1, 0.15) is 31.2 Å². The highest BCUT2D eigenvalue weighted by Crippen LogP contribution is 2.46. The largest absolute Gasteiger partial charge is 0.336 e. The summed E-state index contributed by atoms with van der Waals surface area (Å²) in [5.74, 6) is 0.369. The lowest BCUT2D eigenvalue weighted by molar-refractivity contribution is -0.136. The van der Waals surface area contributed by atoms with Gasteiger partial charge in [0.05, 0.1) is 5.41 Å². The molecule has 1 amide bonds. The Morgan fingerprint density at radius 3 is 2.58 bits per heavy atom. The Morgan fingerprint density at radius 1 is 1.26 bits per heavy atom. The van der Waals surface area contributed by atoms with E-state index in [-0.39, 0.29) is 5.41 Å². The molecule has 1 saturated heterocycles. The van der Waals surface area contributed by atoms with Crippen molar-refractivity contribution in [1.82, 2.24) is 10.2 Å². The van der Waals surface area contributed by atoms with E-state index in [1.165, 1.54) is 18.4 Å². The Hall–Kier alpha value is -1.35. The number of hydrogen-bond donors (Lipinski definition) is 1. The molecule has 1 aliphatic heterocycles. The van der Waals surface area contributed by atoms with Crippen LogP contribution in [0.2, 0.25) is 0 Å². The lowest BCUT2D eigenvalue weighted by atomic mass is 9.80. The van der Waals surface area contributed by atoms with E-state index in [4.69, 9.17) is 0 Å². The molecule has 1 saturated carbocycles. The molecule has 1 aliphatic carbocycles. The third kappa shape index (κ3) is 2.06. The Labute approximate surface area is 115 Å². The summed E-state index contributed by atoms with van der Waals surface area (Å²) in [5.41, 5.74) is 1.12. The number of carbonyl (C=O) groups is 1. The third-order valence-corrected chi connectivity index (χ3v) is 4.84. The average Bonchev–Trinajstić information content (AvgIpc) is 3.02. The first-order chi connectivity index (χ1) is 9.26. The van der Waals surface area contributed by atoms with Gasteiger partial charge in [-0.15, -0.1) is 0 Å². The molecule has 3 rings (SSSR count). The van der Waals surface area contributed by atoms with Crippen molar-refractivity contribution in [3.8, 4) is 0 Å². The van der Waals surface area contributed by atoms with E-state index >= 15 is 0 Å². The highest BCUT2D eigenvalue weighted by molar-refractivity contribution is 5.86. The molecule has 1 heterocycles. The van der Waals surface area contributed by atoms with Crippen LogP contribution >= 0.6 is 0 Å². The second kappa shape index (κ2) is 4.97. The zero-order valence-corrected chi connectivity index (χ0v) is 11.6. The van der Waals surface area contributed by atoms with Crippen LogP contribution in [0.25, 0.3) is 0 Å². The zero-order valence-electron chi connectivity index (χ0n) is 11.6. The molecule has 3 heteroatoms. The number of hydrogen-bond acceptors (Lipinski definition) is 2. The van der Waals surface area contributed by atoms with E-state index in [1.54, 1.807) is 0 Å². The van der Waals surface area contributed by atoms with Gasteiger partial charge in [-0.05, 0) is 25.5 Å². The molecule has 1 unspecified atom stereocenters.